The highest BCUT2D eigenvalue weighted by atomic mass is 16.6. The molecule has 2 aromatic rings. The Bertz CT molecular complexity index is 666. The number of hydrogen-bond donors (Lipinski definition) is 0. The van der Waals surface area contributed by atoms with Crippen LogP contribution in [-0.2, 0) is 22.4 Å². The topological polar surface area (TPSA) is 44.8 Å². The molecule has 0 unspecified atom stereocenters. The molecule has 0 N–H and O–H groups in total. The molecule has 0 spiro atoms. The van der Waals surface area contributed by atoms with Gasteiger partial charge in [0.2, 0.25) is 0 Å². The number of ether oxygens (including phenoxy) is 3. The number of benzene rings is 2. The fraction of sp³-hybridized carbons (Fsp3) is 0.375. The smallest absolute Gasteiger partial charge is 0.330 e. The largest absolute Gasteiger partial charge is 0.490 e. The number of esters is 1. The second-order valence-corrected chi connectivity index (χ2v) is 6.67. The molecule has 0 heterocycles. The highest BCUT2D eigenvalue weighted by Gasteiger charge is 2.15. The maximum absolute atomic E-state index is 11.6. The van der Waals surface area contributed by atoms with Gasteiger partial charge in [-0.15, -0.1) is 0 Å². The van der Waals surface area contributed by atoms with Gasteiger partial charge < -0.3 is 14.2 Å². The van der Waals surface area contributed by atoms with Crippen LogP contribution in [0.3, 0.4) is 0 Å². The van der Waals surface area contributed by atoms with Crippen LogP contribution in [0.1, 0.15) is 37.8 Å². The normalized spacial score (nSPS) is 10.5. The van der Waals surface area contributed by atoms with E-state index in [1.165, 1.54) is 11.1 Å². The number of hydrogen-bond acceptors (Lipinski definition) is 4. The number of carbonyl (C=O) groups excluding carboxylic acids is 1. The van der Waals surface area contributed by atoms with Crippen LogP contribution in [0, 0.1) is 0 Å². The molecule has 2 rings (SSSR count). The van der Waals surface area contributed by atoms with E-state index in [2.05, 4.69) is 44.7 Å². The molecule has 150 valence electrons. The maximum Gasteiger partial charge on any atom is 0.330 e. The molecule has 0 atom stereocenters. The van der Waals surface area contributed by atoms with Gasteiger partial charge in [-0.2, -0.15) is 0 Å². The fourth-order valence-corrected chi connectivity index (χ4v) is 2.79. The first kappa shape index (κ1) is 21.5. The Morgan fingerprint density at radius 3 is 1.64 bits per heavy atom. The van der Waals surface area contributed by atoms with Crippen molar-refractivity contribution in [1.82, 2.24) is 0 Å². The Morgan fingerprint density at radius 2 is 1.29 bits per heavy atom. The van der Waals surface area contributed by atoms with Crippen LogP contribution < -0.4 is 9.47 Å². The van der Waals surface area contributed by atoms with Crippen LogP contribution in [0.5, 0.6) is 11.5 Å². The first-order chi connectivity index (χ1) is 13.6. The van der Waals surface area contributed by atoms with E-state index in [1.807, 2.05) is 24.3 Å². The van der Waals surface area contributed by atoms with Gasteiger partial charge in [-0.25, -0.2) is 4.79 Å². The van der Waals surface area contributed by atoms with Gasteiger partial charge in [0.1, 0.15) is 24.7 Å². The molecule has 0 aliphatic rings. The highest BCUT2D eigenvalue weighted by Crippen LogP contribution is 2.16. The van der Waals surface area contributed by atoms with Crippen molar-refractivity contribution < 1.29 is 19.0 Å². The molecule has 0 fully saturated rings. The maximum atomic E-state index is 11.6. The lowest BCUT2D eigenvalue weighted by atomic mass is 10.1. The summed E-state index contributed by atoms with van der Waals surface area (Å²) >= 11 is 0. The molecule has 4 heteroatoms. The third kappa shape index (κ3) is 7.47. The van der Waals surface area contributed by atoms with Crippen LogP contribution >= 0.6 is 0 Å². The standard InChI is InChI=1S/C24H30O4/c1-4-7-19-9-13-21(14-10-19)26-17-23(28-24(25)6-3)18-27-22-15-11-20(8-5-2)12-16-22/h6,9-16,23H,3-5,7-8,17-18H2,1-2H3. The Kier molecular flexibility index (Phi) is 9.13. The predicted molar refractivity (Wildman–Crippen MR) is 112 cm³/mol. The summed E-state index contributed by atoms with van der Waals surface area (Å²) in [5, 5.41) is 0. The van der Waals surface area contributed by atoms with Crippen LogP contribution in [0.15, 0.2) is 61.2 Å². The van der Waals surface area contributed by atoms with E-state index >= 15 is 0 Å². The van der Waals surface area contributed by atoms with Crippen molar-refractivity contribution in [2.75, 3.05) is 13.2 Å². The van der Waals surface area contributed by atoms with Gasteiger partial charge in [-0.05, 0) is 48.2 Å². The van der Waals surface area contributed by atoms with Gasteiger partial charge in [0.15, 0.2) is 6.10 Å². The molecule has 0 saturated carbocycles. The van der Waals surface area contributed by atoms with Crippen LogP contribution in [0.2, 0.25) is 0 Å². The van der Waals surface area contributed by atoms with E-state index in [-0.39, 0.29) is 13.2 Å². The second kappa shape index (κ2) is 11.9. The van der Waals surface area contributed by atoms with Gasteiger partial charge in [-0.3, -0.25) is 0 Å². The zero-order valence-corrected chi connectivity index (χ0v) is 16.9. The minimum absolute atomic E-state index is 0.209. The summed E-state index contributed by atoms with van der Waals surface area (Å²) in [5.41, 5.74) is 2.55. The zero-order valence-electron chi connectivity index (χ0n) is 16.9. The Balaban J connectivity index is 1.91. The molecule has 2 aromatic carbocycles. The minimum atomic E-state index is -0.531. The van der Waals surface area contributed by atoms with Crippen molar-refractivity contribution in [3.05, 3.63) is 72.3 Å². The van der Waals surface area contributed by atoms with Crippen LogP contribution in [0.4, 0.5) is 0 Å². The third-order valence-corrected chi connectivity index (χ3v) is 4.25. The Labute approximate surface area is 168 Å². The summed E-state index contributed by atoms with van der Waals surface area (Å²) in [6.45, 7) is 8.17. The fourth-order valence-electron chi connectivity index (χ4n) is 2.79. The summed E-state index contributed by atoms with van der Waals surface area (Å²) in [4.78, 5) is 11.6. The SMILES string of the molecule is C=CC(=O)OC(COc1ccc(CCC)cc1)COc1ccc(CCC)cc1. The van der Waals surface area contributed by atoms with Gasteiger partial charge in [-0.1, -0.05) is 57.5 Å². The molecule has 0 bridgehead atoms. The summed E-state index contributed by atoms with van der Waals surface area (Å²) < 4.78 is 16.9. The van der Waals surface area contributed by atoms with Crippen molar-refractivity contribution in [3.8, 4) is 11.5 Å². The van der Waals surface area contributed by atoms with Crippen LogP contribution in [-0.4, -0.2) is 25.3 Å². The highest BCUT2D eigenvalue weighted by molar-refractivity contribution is 5.81. The van der Waals surface area contributed by atoms with Gasteiger partial charge in [0, 0.05) is 6.08 Å². The van der Waals surface area contributed by atoms with E-state index in [0.717, 1.165) is 43.3 Å². The first-order valence-corrected chi connectivity index (χ1v) is 9.91. The minimum Gasteiger partial charge on any atom is -0.490 e. The average Bonchev–Trinajstić information content (AvgIpc) is 2.72. The number of aryl methyl sites for hydroxylation is 2. The molecule has 28 heavy (non-hydrogen) atoms. The predicted octanol–water partition coefficient (Wildman–Crippen LogP) is 5.15. The Hall–Kier alpha value is -2.75. The molecule has 0 aromatic heterocycles. The lowest BCUT2D eigenvalue weighted by Crippen LogP contribution is -2.30. The molecule has 4 nitrogen and oxygen atoms in total. The summed E-state index contributed by atoms with van der Waals surface area (Å²) in [6, 6.07) is 16.0. The lowest BCUT2D eigenvalue weighted by Gasteiger charge is -2.18. The number of carbonyl (C=O) groups is 1. The quantitative estimate of drug-likeness (QED) is 0.376. The van der Waals surface area contributed by atoms with Crippen molar-refractivity contribution in [1.29, 1.82) is 0 Å². The first-order valence-electron chi connectivity index (χ1n) is 9.91. The van der Waals surface area contributed by atoms with E-state index < -0.39 is 12.1 Å². The van der Waals surface area contributed by atoms with Gasteiger partial charge in [0.05, 0.1) is 0 Å². The van der Waals surface area contributed by atoms with E-state index in [1.54, 1.807) is 0 Å². The third-order valence-electron chi connectivity index (χ3n) is 4.25. The monoisotopic (exact) mass is 382 g/mol. The van der Waals surface area contributed by atoms with Crippen molar-refractivity contribution >= 4 is 5.97 Å². The van der Waals surface area contributed by atoms with Crippen molar-refractivity contribution in [3.63, 3.8) is 0 Å². The van der Waals surface area contributed by atoms with Crippen LogP contribution in [0.25, 0.3) is 0 Å². The molecular formula is C24H30O4. The summed E-state index contributed by atoms with van der Waals surface area (Å²) in [6.07, 6.45) is 4.92. The molecule has 0 saturated heterocycles. The molecule has 0 aliphatic heterocycles. The van der Waals surface area contributed by atoms with E-state index in [9.17, 15) is 4.79 Å². The molecular weight excluding hydrogens is 352 g/mol. The second-order valence-electron chi connectivity index (χ2n) is 6.67. The van der Waals surface area contributed by atoms with Gasteiger partial charge in [0.25, 0.3) is 0 Å². The van der Waals surface area contributed by atoms with Gasteiger partial charge >= 0.3 is 5.97 Å². The van der Waals surface area contributed by atoms with E-state index in [4.69, 9.17) is 14.2 Å². The molecule has 0 radical (unpaired) electrons. The average molecular weight is 383 g/mol. The van der Waals surface area contributed by atoms with Crippen molar-refractivity contribution in [2.24, 2.45) is 0 Å². The molecule has 0 amide bonds. The number of rotatable bonds is 12. The Morgan fingerprint density at radius 1 is 0.857 bits per heavy atom. The lowest BCUT2D eigenvalue weighted by molar-refractivity contribution is -0.146. The zero-order chi connectivity index (χ0) is 20.2. The van der Waals surface area contributed by atoms with Crippen molar-refractivity contribution in [2.45, 2.75) is 45.6 Å². The molecule has 0 aliphatic carbocycles. The van der Waals surface area contributed by atoms with E-state index in [0.29, 0.717) is 0 Å². The summed E-state index contributed by atoms with van der Waals surface area (Å²) in [7, 11) is 0. The summed E-state index contributed by atoms with van der Waals surface area (Å²) in [5.74, 6) is 0.987.